The Balaban J connectivity index is 1.76. The molecule has 0 bridgehead atoms. The second kappa shape index (κ2) is 12.7. The van der Waals surface area contributed by atoms with Crippen molar-refractivity contribution in [2.24, 2.45) is 4.99 Å². The van der Waals surface area contributed by atoms with Gasteiger partial charge in [-0.2, -0.15) is 0 Å². The molecule has 1 fully saturated rings. The van der Waals surface area contributed by atoms with Crippen LogP contribution < -0.4 is 29.3 Å². The molecule has 2 aromatic carbocycles. The molecule has 1 aromatic heterocycles. The zero-order valence-electron chi connectivity index (χ0n) is 24.2. The molecule has 3 heterocycles. The highest BCUT2D eigenvalue weighted by atomic mass is 79.9. The maximum absolute atomic E-state index is 14.2. The topological polar surface area (TPSA) is 126 Å². The average molecular weight is 672 g/mol. The van der Waals surface area contributed by atoms with Gasteiger partial charge in [0, 0.05) is 40.9 Å². The third kappa shape index (κ3) is 5.83. The predicted octanol–water partition coefficient (Wildman–Crippen LogP) is 4.48. The summed E-state index contributed by atoms with van der Waals surface area (Å²) in [5, 5.41) is 11.7. The Morgan fingerprint density at radius 2 is 1.86 bits per heavy atom. The number of benzene rings is 2. The molecular formula is C30H31BrN4O7S. The lowest BCUT2D eigenvalue weighted by Crippen LogP contribution is -2.40. The number of hydrogen-bond donors (Lipinski definition) is 0. The predicted molar refractivity (Wildman–Crippen MR) is 167 cm³/mol. The number of anilines is 1. The van der Waals surface area contributed by atoms with Gasteiger partial charge >= 0.3 is 5.97 Å². The summed E-state index contributed by atoms with van der Waals surface area (Å²) >= 11 is 4.77. The number of thiazole rings is 1. The SMILES string of the molecule is CCOC(=O)C1=C(C)N=c2s/c(=C/c3cc([N+](=O)[O-])ccc3N3CCCCC3)c(=O)n2[C@@H]1c1cc(OC)c(OC)cc1Br. The lowest BCUT2D eigenvalue weighted by atomic mass is 9.95. The molecule has 43 heavy (non-hydrogen) atoms. The Bertz CT molecular complexity index is 1810. The second-order valence-corrected chi connectivity index (χ2v) is 11.9. The average Bonchev–Trinajstić information content (AvgIpc) is 3.30. The molecular weight excluding hydrogens is 640 g/mol. The molecule has 3 aromatic rings. The van der Waals surface area contributed by atoms with Gasteiger partial charge in [-0.15, -0.1) is 0 Å². The van der Waals surface area contributed by atoms with Crippen LogP contribution in [-0.2, 0) is 9.53 Å². The van der Waals surface area contributed by atoms with E-state index in [4.69, 9.17) is 14.2 Å². The standard InChI is InChI=1S/C30H31BrN4O7S/c1-5-42-29(37)26-17(2)32-30-34(27(26)20-15-23(40-3)24(41-4)16-21(20)31)28(36)25(43-30)14-18-13-19(35(38)39)9-10-22(18)33-11-7-6-8-12-33/h9-10,13-16,27H,5-8,11-12H2,1-4H3/b25-14+/t27-/m1/s1. The van der Waals surface area contributed by atoms with Crippen LogP contribution in [0.5, 0.6) is 11.5 Å². The number of nitro benzene ring substituents is 1. The fourth-order valence-electron chi connectivity index (χ4n) is 5.50. The normalized spacial score (nSPS) is 16.9. The minimum atomic E-state index is -0.890. The van der Waals surface area contributed by atoms with Gasteiger partial charge in [0.25, 0.3) is 11.2 Å². The van der Waals surface area contributed by atoms with E-state index in [1.54, 1.807) is 38.1 Å². The largest absolute Gasteiger partial charge is 0.493 e. The number of hydrogen-bond acceptors (Lipinski definition) is 10. The first kappa shape index (κ1) is 30.5. The van der Waals surface area contributed by atoms with Crippen molar-refractivity contribution in [3.8, 4) is 11.5 Å². The van der Waals surface area contributed by atoms with Crippen molar-refractivity contribution >= 4 is 50.7 Å². The van der Waals surface area contributed by atoms with E-state index in [9.17, 15) is 19.7 Å². The van der Waals surface area contributed by atoms with E-state index in [0.29, 0.717) is 42.1 Å². The number of nitro groups is 1. The molecule has 0 amide bonds. The van der Waals surface area contributed by atoms with Crippen LogP contribution in [0.1, 0.15) is 50.3 Å². The molecule has 11 nitrogen and oxygen atoms in total. The quantitative estimate of drug-likeness (QED) is 0.195. The number of methoxy groups -OCH3 is 2. The van der Waals surface area contributed by atoms with E-state index in [0.717, 1.165) is 49.4 Å². The van der Waals surface area contributed by atoms with Gasteiger partial charge in [0.1, 0.15) is 0 Å². The van der Waals surface area contributed by atoms with E-state index >= 15 is 0 Å². The van der Waals surface area contributed by atoms with Gasteiger partial charge in [-0.1, -0.05) is 27.3 Å². The minimum Gasteiger partial charge on any atom is -0.493 e. The third-order valence-corrected chi connectivity index (χ3v) is 9.19. The van der Waals surface area contributed by atoms with Crippen molar-refractivity contribution in [1.82, 2.24) is 4.57 Å². The van der Waals surface area contributed by atoms with Crippen LogP contribution in [0.4, 0.5) is 11.4 Å². The first-order valence-electron chi connectivity index (χ1n) is 13.8. The Morgan fingerprint density at radius 1 is 1.16 bits per heavy atom. The molecule has 226 valence electrons. The number of nitrogens with zero attached hydrogens (tertiary/aromatic N) is 4. The van der Waals surface area contributed by atoms with Gasteiger partial charge < -0.3 is 19.1 Å². The monoisotopic (exact) mass is 670 g/mol. The third-order valence-electron chi connectivity index (χ3n) is 7.52. The van der Waals surface area contributed by atoms with Gasteiger partial charge in [0.2, 0.25) is 0 Å². The minimum absolute atomic E-state index is 0.0626. The van der Waals surface area contributed by atoms with Crippen molar-refractivity contribution in [3.05, 3.63) is 87.0 Å². The van der Waals surface area contributed by atoms with Crippen LogP contribution in [0.15, 0.2) is 55.9 Å². The first-order chi connectivity index (χ1) is 20.7. The fraction of sp³-hybridized carbons (Fsp3) is 0.367. The van der Waals surface area contributed by atoms with Gasteiger partial charge in [-0.25, -0.2) is 9.79 Å². The lowest BCUT2D eigenvalue weighted by Gasteiger charge is -2.30. The van der Waals surface area contributed by atoms with E-state index in [1.807, 2.05) is 0 Å². The van der Waals surface area contributed by atoms with Gasteiger partial charge in [0.05, 0.1) is 47.6 Å². The Morgan fingerprint density at radius 3 is 2.51 bits per heavy atom. The highest BCUT2D eigenvalue weighted by Crippen LogP contribution is 2.41. The van der Waals surface area contributed by atoms with Crippen LogP contribution in [0.3, 0.4) is 0 Å². The summed E-state index contributed by atoms with van der Waals surface area (Å²) in [4.78, 5) is 46.0. The molecule has 0 radical (unpaired) electrons. The number of esters is 1. The molecule has 0 aliphatic carbocycles. The van der Waals surface area contributed by atoms with E-state index in [1.165, 1.54) is 30.9 Å². The van der Waals surface area contributed by atoms with Crippen molar-refractivity contribution in [2.45, 2.75) is 39.2 Å². The van der Waals surface area contributed by atoms with Gasteiger partial charge in [0.15, 0.2) is 16.3 Å². The molecule has 1 saturated heterocycles. The molecule has 0 saturated carbocycles. The second-order valence-electron chi connectivity index (χ2n) is 10.1. The number of halogens is 1. The number of piperidine rings is 1. The summed E-state index contributed by atoms with van der Waals surface area (Å²) in [6.45, 7) is 5.22. The number of carbonyl (C=O) groups excluding carboxylic acids is 1. The zero-order chi connectivity index (χ0) is 30.8. The summed E-state index contributed by atoms with van der Waals surface area (Å²) in [7, 11) is 3.03. The smallest absolute Gasteiger partial charge is 0.338 e. The zero-order valence-corrected chi connectivity index (χ0v) is 26.6. The van der Waals surface area contributed by atoms with E-state index in [2.05, 4.69) is 25.8 Å². The summed E-state index contributed by atoms with van der Waals surface area (Å²) in [5.74, 6) is 0.305. The summed E-state index contributed by atoms with van der Waals surface area (Å²) < 4.78 is 18.8. The summed E-state index contributed by atoms with van der Waals surface area (Å²) in [6.07, 6.45) is 4.86. The first-order valence-corrected chi connectivity index (χ1v) is 15.4. The molecule has 1 atom stereocenters. The van der Waals surface area contributed by atoms with Crippen molar-refractivity contribution < 1.29 is 23.9 Å². The van der Waals surface area contributed by atoms with Crippen LogP contribution in [-0.4, -0.2) is 49.4 Å². The highest BCUT2D eigenvalue weighted by molar-refractivity contribution is 9.10. The van der Waals surface area contributed by atoms with E-state index < -0.39 is 16.9 Å². The Hall–Kier alpha value is -3.97. The summed E-state index contributed by atoms with van der Waals surface area (Å²) in [5.41, 5.74) is 2.17. The number of aromatic nitrogens is 1. The highest BCUT2D eigenvalue weighted by Gasteiger charge is 2.35. The maximum atomic E-state index is 14.2. The molecule has 13 heteroatoms. The molecule has 0 N–H and O–H groups in total. The van der Waals surface area contributed by atoms with Crippen LogP contribution in [0.2, 0.25) is 0 Å². The Kier molecular flexibility index (Phi) is 9.02. The number of fused-ring (bicyclic) bond motifs is 1. The van der Waals surface area contributed by atoms with Crippen LogP contribution in [0.25, 0.3) is 6.08 Å². The van der Waals surface area contributed by atoms with Crippen molar-refractivity contribution in [3.63, 3.8) is 0 Å². The molecule has 2 aliphatic rings. The van der Waals surface area contributed by atoms with Gasteiger partial charge in [-0.3, -0.25) is 19.5 Å². The number of carbonyl (C=O) groups is 1. The molecule has 5 rings (SSSR count). The van der Waals surface area contributed by atoms with E-state index in [-0.39, 0.29) is 23.4 Å². The maximum Gasteiger partial charge on any atom is 0.338 e. The van der Waals surface area contributed by atoms with Crippen LogP contribution >= 0.6 is 27.3 Å². The molecule has 0 unspecified atom stereocenters. The number of allylic oxidation sites excluding steroid dienone is 1. The fourth-order valence-corrected chi connectivity index (χ4v) is 7.08. The van der Waals surface area contributed by atoms with Crippen LogP contribution in [0, 0.1) is 10.1 Å². The lowest BCUT2D eigenvalue weighted by molar-refractivity contribution is -0.384. The molecule has 0 spiro atoms. The molecule has 2 aliphatic heterocycles. The summed E-state index contributed by atoms with van der Waals surface area (Å²) in [6, 6.07) is 7.29. The van der Waals surface area contributed by atoms with Gasteiger partial charge in [-0.05, 0) is 62.9 Å². The number of rotatable bonds is 8. The van der Waals surface area contributed by atoms with Crippen molar-refractivity contribution in [1.29, 1.82) is 0 Å². The number of ether oxygens (including phenoxy) is 3. The van der Waals surface area contributed by atoms with Crippen molar-refractivity contribution in [2.75, 3.05) is 38.8 Å². The Labute approximate surface area is 260 Å². The number of non-ortho nitro benzene ring substituents is 1.